The van der Waals surface area contributed by atoms with E-state index >= 15 is 0 Å². The van der Waals surface area contributed by atoms with Crippen LogP contribution in [0.5, 0.6) is 5.75 Å². The Hall–Kier alpha value is -2.57. The van der Waals surface area contributed by atoms with Gasteiger partial charge in [0.1, 0.15) is 11.8 Å². The summed E-state index contributed by atoms with van der Waals surface area (Å²) in [6.45, 7) is 1.54. The van der Waals surface area contributed by atoms with Crippen molar-refractivity contribution in [2.75, 3.05) is 13.7 Å². The molecule has 2 amide bonds. The molecule has 3 N–H and O–H groups in total. The summed E-state index contributed by atoms with van der Waals surface area (Å²) in [6.07, 6.45) is 0.971. The molecule has 0 heterocycles. The maximum absolute atomic E-state index is 11.9. The highest BCUT2D eigenvalue weighted by atomic mass is 16.5. The van der Waals surface area contributed by atoms with Gasteiger partial charge in [-0.3, -0.25) is 9.59 Å². The van der Waals surface area contributed by atoms with Crippen LogP contribution in [0.1, 0.15) is 30.1 Å². The first-order chi connectivity index (χ1) is 10.5. The fourth-order valence-corrected chi connectivity index (χ4v) is 1.82. The maximum Gasteiger partial charge on any atom is 0.326 e. The van der Waals surface area contributed by atoms with Crippen molar-refractivity contribution in [1.29, 1.82) is 0 Å². The van der Waals surface area contributed by atoms with E-state index in [1.165, 1.54) is 7.11 Å². The second kappa shape index (κ2) is 8.66. The van der Waals surface area contributed by atoms with Crippen LogP contribution in [-0.4, -0.2) is 42.6 Å². The van der Waals surface area contributed by atoms with E-state index in [-0.39, 0.29) is 6.54 Å². The zero-order valence-corrected chi connectivity index (χ0v) is 12.6. The van der Waals surface area contributed by atoms with E-state index in [4.69, 9.17) is 9.84 Å². The number of carboxylic acids is 1. The first-order valence-corrected chi connectivity index (χ1v) is 6.92. The largest absolute Gasteiger partial charge is 0.497 e. The number of carboxylic acid groups (broad SMARTS) is 1. The SMILES string of the molecule is CCCC(NC(=O)CNC(=O)c1cccc(OC)c1)C(=O)O. The van der Waals surface area contributed by atoms with Gasteiger partial charge in [-0.1, -0.05) is 19.4 Å². The van der Waals surface area contributed by atoms with Gasteiger partial charge in [0.05, 0.1) is 13.7 Å². The number of hydrogen-bond donors (Lipinski definition) is 3. The van der Waals surface area contributed by atoms with Crippen LogP contribution in [0.4, 0.5) is 0 Å². The van der Waals surface area contributed by atoms with Crippen LogP contribution in [-0.2, 0) is 9.59 Å². The Morgan fingerprint density at radius 1 is 1.32 bits per heavy atom. The number of rotatable bonds is 8. The lowest BCUT2D eigenvalue weighted by atomic mass is 10.1. The molecule has 0 radical (unpaired) electrons. The lowest BCUT2D eigenvalue weighted by Gasteiger charge is -2.13. The lowest BCUT2D eigenvalue weighted by Crippen LogP contribution is -2.45. The molecule has 120 valence electrons. The lowest BCUT2D eigenvalue weighted by molar-refractivity contribution is -0.141. The molecule has 0 bridgehead atoms. The molecule has 0 fully saturated rings. The third kappa shape index (κ3) is 5.43. The van der Waals surface area contributed by atoms with Crippen LogP contribution in [0.25, 0.3) is 0 Å². The van der Waals surface area contributed by atoms with Crippen molar-refractivity contribution in [3.05, 3.63) is 29.8 Å². The molecule has 1 atom stereocenters. The Morgan fingerprint density at radius 3 is 2.64 bits per heavy atom. The van der Waals surface area contributed by atoms with Gasteiger partial charge in [-0.25, -0.2) is 4.79 Å². The van der Waals surface area contributed by atoms with Gasteiger partial charge in [-0.05, 0) is 24.6 Å². The summed E-state index contributed by atoms with van der Waals surface area (Å²) >= 11 is 0. The van der Waals surface area contributed by atoms with Crippen LogP contribution >= 0.6 is 0 Å². The molecule has 7 nitrogen and oxygen atoms in total. The summed E-state index contributed by atoms with van der Waals surface area (Å²) in [4.78, 5) is 34.5. The van der Waals surface area contributed by atoms with Gasteiger partial charge in [0, 0.05) is 5.56 Å². The number of hydrogen-bond acceptors (Lipinski definition) is 4. The van der Waals surface area contributed by atoms with Crippen LogP contribution in [0.15, 0.2) is 24.3 Å². The number of benzene rings is 1. The standard InChI is InChI=1S/C15H20N2O5/c1-3-5-12(15(20)21)17-13(18)9-16-14(19)10-6-4-7-11(8-10)22-2/h4,6-8,12H,3,5,9H2,1-2H3,(H,16,19)(H,17,18)(H,20,21). The van der Waals surface area contributed by atoms with Crippen molar-refractivity contribution in [2.45, 2.75) is 25.8 Å². The minimum atomic E-state index is -1.09. The molecule has 0 aromatic heterocycles. The number of methoxy groups -OCH3 is 1. The van der Waals surface area contributed by atoms with Crippen LogP contribution in [0.2, 0.25) is 0 Å². The summed E-state index contributed by atoms with van der Waals surface area (Å²) < 4.78 is 5.01. The second-order valence-electron chi connectivity index (χ2n) is 4.66. The highest BCUT2D eigenvalue weighted by molar-refractivity contribution is 5.97. The summed E-state index contributed by atoms with van der Waals surface area (Å²) in [5.74, 6) is -1.53. The molecule has 22 heavy (non-hydrogen) atoms. The Morgan fingerprint density at radius 2 is 2.05 bits per heavy atom. The number of aliphatic carboxylic acids is 1. The number of carbonyl (C=O) groups is 3. The number of amides is 2. The Balaban J connectivity index is 2.52. The van der Waals surface area contributed by atoms with Gasteiger partial charge in [0.15, 0.2) is 0 Å². The molecule has 0 aliphatic heterocycles. The van der Waals surface area contributed by atoms with Gasteiger partial charge in [-0.15, -0.1) is 0 Å². The maximum atomic E-state index is 11.9. The highest BCUT2D eigenvalue weighted by Crippen LogP contribution is 2.12. The van der Waals surface area contributed by atoms with Crippen molar-refractivity contribution >= 4 is 17.8 Å². The monoisotopic (exact) mass is 308 g/mol. The van der Waals surface area contributed by atoms with Gasteiger partial charge in [-0.2, -0.15) is 0 Å². The summed E-state index contributed by atoms with van der Waals surface area (Å²) in [5, 5.41) is 13.8. The highest BCUT2D eigenvalue weighted by Gasteiger charge is 2.19. The van der Waals surface area contributed by atoms with Gasteiger partial charge in [0.25, 0.3) is 5.91 Å². The normalized spacial score (nSPS) is 11.4. The molecule has 0 spiro atoms. The molecule has 7 heteroatoms. The Labute approximate surface area is 128 Å². The van der Waals surface area contributed by atoms with Gasteiger partial charge < -0.3 is 20.5 Å². The van der Waals surface area contributed by atoms with E-state index in [1.807, 2.05) is 6.92 Å². The molecule has 1 aromatic rings. The second-order valence-corrected chi connectivity index (χ2v) is 4.66. The van der Waals surface area contributed by atoms with Crippen LogP contribution in [0, 0.1) is 0 Å². The number of ether oxygens (including phenoxy) is 1. The molecule has 0 aliphatic carbocycles. The molecule has 0 saturated heterocycles. The molecule has 1 aromatic carbocycles. The average Bonchev–Trinajstić information content (AvgIpc) is 2.52. The van der Waals surface area contributed by atoms with Crippen molar-refractivity contribution in [3.8, 4) is 5.75 Å². The van der Waals surface area contributed by atoms with Crippen molar-refractivity contribution in [1.82, 2.24) is 10.6 Å². The van der Waals surface area contributed by atoms with E-state index in [0.717, 1.165) is 0 Å². The van der Waals surface area contributed by atoms with E-state index < -0.39 is 23.8 Å². The minimum Gasteiger partial charge on any atom is -0.497 e. The molecule has 1 unspecified atom stereocenters. The third-order valence-electron chi connectivity index (χ3n) is 2.95. The van der Waals surface area contributed by atoms with Gasteiger partial charge in [0.2, 0.25) is 5.91 Å². The zero-order valence-electron chi connectivity index (χ0n) is 12.6. The van der Waals surface area contributed by atoms with E-state index in [0.29, 0.717) is 24.2 Å². The Bertz CT molecular complexity index is 544. The average molecular weight is 308 g/mol. The van der Waals surface area contributed by atoms with Crippen molar-refractivity contribution in [2.24, 2.45) is 0 Å². The molecule has 1 rings (SSSR count). The Kier molecular flexibility index (Phi) is 6.88. The van der Waals surface area contributed by atoms with Gasteiger partial charge >= 0.3 is 5.97 Å². The van der Waals surface area contributed by atoms with Crippen molar-refractivity contribution in [3.63, 3.8) is 0 Å². The topological polar surface area (TPSA) is 105 Å². The number of nitrogens with one attached hydrogen (secondary N) is 2. The fourth-order valence-electron chi connectivity index (χ4n) is 1.82. The van der Waals surface area contributed by atoms with Crippen LogP contribution in [0.3, 0.4) is 0 Å². The van der Waals surface area contributed by atoms with E-state index in [2.05, 4.69) is 10.6 Å². The summed E-state index contributed by atoms with van der Waals surface area (Å²) in [5.41, 5.74) is 0.357. The van der Waals surface area contributed by atoms with E-state index in [1.54, 1.807) is 24.3 Å². The predicted octanol–water partition coefficient (Wildman–Crippen LogP) is 0.794. The third-order valence-corrected chi connectivity index (χ3v) is 2.95. The first kappa shape index (κ1) is 17.5. The summed E-state index contributed by atoms with van der Waals surface area (Å²) in [7, 11) is 1.49. The predicted molar refractivity (Wildman–Crippen MR) is 79.8 cm³/mol. The van der Waals surface area contributed by atoms with Crippen LogP contribution < -0.4 is 15.4 Å². The minimum absolute atomic E-state index is 0.288. The van der Waals surface area contributed by atoms with Crippen molar-refractivity contribution < 1.29 is 24.2 Å². The molecule has 0 saturated carbocycles. The van der Waals surface area contributed by atoms with E-state index in [9.17, 15) is 14.4 Å². The summed E-state index contributed by atoms with van der Waals surface area (Å²) in [6, 6.07) is 5.56. The molecular formula is C15H20N2O5. The first-order valence-electron chi connectivity index (χ1n) is 6.92. The quantitative estimate of drug-likeness (QED) is 0.658. The number of carbonyl (C=O) groups excluding carboxylic acids is 2. The fraction of sp³-hybridized carbons (Fsp3) is 0.400. The zero-order chi connectivity index (χ0) is 16.5. The smallest absolute Gasteiger partial charge is 0.326 e. The molecule has 0 aliphatic rings. The molecular weight excluding hydrogens is 288 g/mol.